The van der Waals surface area contributed by atoms with Gasteiger partial charge in [-0.15, -0.1) is 0 Å². The van der Waals surface area contributed by atoms with Gasteiger partial charge in [-0.2, -0.15) is 0 Å². The predicted octanol–water partition coefficient (Wildman–Crippen LogP) is 3.90. The third kappa shape index (κ3) is 3.27. The quantitative estimate of drug-likeness (QED) is 0.928. The van der Waals surface area contributed by atoms with Gasteiger partial charge < -0.3 is 5.32 Å². The molecule has 88 valence electrons. The third-order valence-corrected chi connectivity index (χ3v) is 3.14. The summed E-state index contributed by atoms with van der Waals surface area (Å²) in [7, 11) is 0. The fourth-order valence-corrected chi connectivity index (χ4v) is 1.91. The molecule has 0 saturated carbocycles. The first-order valence-corrected chi connectivity index (χ1v) is 6.04. The molecule has 4 heteroatoms. The molecule has 0 radical (unpaired) electrons. The van der Waals surface area contributed by atoms with Crippen LogP contribution in [0.5, 0.6) is 0 Å². The van der Waals surface area contributed by atoms with Gasteiger partial charge in [0.05, 0.1) is 5.69 Å². The van der Waals surface area contributed by atoms with Gasteiger partial charge in [-0.05, 0) is 42.3 Å². The van der Waals surface area contributed by atoms with Gasteiger partial charge in [-0.3, -0.25) is 4.98 Å². The number of benzene rings is 1. The first kappa shape index (κ1) is 12.0. The van der Waals surface area contributed by atoms with E-state index in [0.717, 1.165) is 21.3 Å². The van der Waals surface area contributed by atoms with Crippen LogP contribution in [-0.2, 0) is 6.54 Å². The van der Waals surface area contributed by atoms with Gasteiger partial charge >= 0.3 is 0 Å². The molecule has 0 spiro atoms. The van der Waals surface area contributed by atoms with E-state index in [9.17, 15) is 4.39 Å². The van der Waals surface area contributed by atoms with E-state index in [0.29, 0.717) is 6.54 Å². The minimum atomic E-state index is -0.229. The van der Waals surface area contributed by atoms with Crippen molar-refractivity contribution in [3.63, 3.8) is 0 Å². The van der Waals surface area contributed by atoms with Crippen molar-refractivity contribution in [1.29, 1.82) is 0 Å². The lowest BCUT2D eigenvalue weighted by molar-refractivity contribution is 0.625. The number of anilines is 1. The van der Waals surface area contributed by atoms with Crippen molar-refractivity contribution in [2.45, 2.75) is 13.5 Å². The molecule has 0 aliphatic carbocycles. The molecule has 0 aliphatic rings. The van der Waals surface area contributed by atoms with Gasteiger partial charge in [0.25, 0.3) is 0 Å². The van der Waals surface area contributed by atoms with E-state index in [1.807, 2.05) is 13.0 Å². The Hall–Kier alpha value is -1.42. The van der Waals surface area contributed by atoms with Crippen LogP contribution < -0.4 is 5.32 Å². The van der Waals surface area contributed by atoms with E-state index >= 15 is 0 Å². The van der Waals surface area contributed by atoms with Gasteiger partial charge in [0.1, 0.15) is 5.82 Å². The summed E-state index contributed by atoms with van der Waals surface area (Å²) in [6, 6.07) is 6.66. The summed E-state index contributed by atoms with van der Waals surface area (Å²) in [4.78, 5) is 4.09. The van der Waals surface area contributed by atoms with Crippen molar-refractivity contribution in [2.24, 2.45) is 0 Å². The highest BCUT2D eigenvalue weighted by molar-refractivity contribution is 9.10. The number of aryl methyl sites for hydroxylation is 1. The molecule has 1 heterocycles. The minimum Gasteiger partial charge on any atom is -0.380 e. The van der Waals surface area contributed by atoms with Crippen molar-refractivity contribution in [1.82, 2.24) is 4.98 Å². The Morgan fingerprint density at radius 1 is 1.29 bits per heavy atom. The van der Waals surface area contributed by atoms with Crippen molar-refractivity contribution in [2.75, 3.05) is 5.32 Å². The molecule has 2 nitrogen and oxygen atoms in total. The van der Waals surface area contributed by atoms with Crippen LogP contribution in [0.4, 0.5) is 10.1 Å². The van der Waals surface area contributed by atoms with Crippen LogP contribution >= 0.6 is 15.9 Å². The van der Waals surface area contributed by atoms with Crippen molar-refractivity contribution < 1.29 is 4.39 Å². The smallest absolute Gasteiger partial charge is 0.123 e. The summed E-state index contributed by atoms with van der Waals surface area (Å²) >= 11 is 3.40. The summed E-state index contributed by atoms with van der Waals surface area (Å²) in [6.07, 6.45) is 3.55. The summed E-state index contributed by atoms with van der Waals surface area (Å²) in [6.45, 7) is 2.54. The Bertz CT molecular complexity index is 529. The van der Waals surface area contributed by atoms with Crippen molar-refractivity contribution >= 4 is 21.6 Å². The zero-order chi connectivity index (χ0) is 12.3. The number of nitrogens with zero attached hydrogens (tertiary/aromatic N) is 1. The summed E-state index contributed by atoms with van der Waals surface area (Å²) < 4.78 is 14.0. The molecule has 2 rings (SSSR count). The van der Waals surface area contributed by atoms with Gasteiger partial charge in [0.2, 0.25) is 0 Å². The van der Waals surface area contributed by atoms with Crippen LogP contribution in [0.2, 0.25) is 0 Å². The average Bonchev–Trinajstić information content (AvgIpc) is 2.30. The second kappa shape index (κ2) is 5.27. The zero-order valence-corrected chi connectivity index (χ0v) is 11.0. The molecule has 1 aromatic carbocycles. The largest absolute Gasteiger partial charge is 0.380 e. The van der Waals surface area contributed by atoms with E-state index in [1.54, 1.807) is 18.5 Å². The number of halogens is 2. The molecular weight excluding hydrogens is 283 g/mol. The average molecular weight is 295 g/mol. The van der Waals surface area contributed by atoms with E-state index < -0.39 is 0 Å². The van der Waals surface area contributed by atoms with Gasteiger partial charge in [0, 0.05) is 23.4 Å². The van der Waals surface area contributed by atoms with E-state index in [1.165, 1.54) is 12.1 Å². The molecule has 0 fully saturated rings. The van der Waals surface area contributed by atoms with Crippen molar-refractivity contribution in [3.05, 3.63) is 58.1 Å². The van der Waals surface area contributed by atoms with Crippen LogP contribution in [-0.4, -0.2) is 4.98 Å². The van der Waals surface area contributed by atoms with Crippen molar-refractivity contribution in [3.8, 4) is 0 Å². The molecule has 1 N–H and O–H groups in total. The maximum absolute atomic E-state index is 13.1. The SMILES string of the molecule is Cc1cncc(NCc2cc(F)ccc2Br)c1. The lowest BCUT2D eigenvalue weighted by atomic mass is 10.2. The number of hydrogen-bond donors (Lipinski definition) is 1. The van der Waals surface area contributed by atoms with Crippen LogP contribution in [0.3, 0.4) is 0 Å². The first-order valence-electron chi connectivity index (χ1n) is 5.24. The minimum absolute atomic E-state index is 0.229. The normalized spacial score (nSPS) is 10.3. The topological polar surface area (TPSA) is 24.9 Å². The Morgan fingerprint density at radius 2 is 2.12 bits per heavy atom. The highest BCUT2D eigenvalue weighted by Gasteiger charge is 2.02. The number of hydrogen-bond acceptors (Lipinski definition) is 2. The lowest BCUT2D eigenvalue weighted by Crippen LogP contribution is -2.01. The van der Waals surface area contributed by atoms with E-state index in [2.05, 4.69) is 26.2 Å². The Kier molecular flexibility index (Phi) is 3.74. The molecule has 0 saturated heterocycles. The second-order valence-electron chi connectivity index (χ2n) is 3.84. The molecular formula is C13H12BrFN2. The molecule has 0 aliphatic heterocycles. The number of aromatic nitrogens is 1. The fourth-order valence-electron chi connectivity index (χ4n) is 1.53. The fraction of sp³-hybridized carbons (Fsp3) is 0.154. The molecule has 0 amide bonds. The van der Waals surface area contributed by atoms with Gasteiger partial charge in [-0.1, -0.05) is 15.9 Å². The zero-order valence-electron chi connectivity index (χ0n) is 9.37. The van der Waals surface area contributed by atoms with Crippen LogP contribution in [0.1, 0.15) is 11.1 Å². The maximum atomic E-state index is 13.1. The van der Waals surface area contributed by atoms with Crippen LogP contribution in [0.25, 0.3) is 0 Å². The predicted molar refractivity (Wildman–Crippen MR) is 70.4 cm³/mol. The van der Waals surface area contributed by atoms with Gasteiger partial charge in [0.15, 0.2) is 0 Å². The van der Waals surface area contributed by atoms with Crippen LogP contribution in [0.15, 0.2) is 41.1 Å². The molecule has 0 atom stereocenters. The Balaban J connectivity index is 2.09. The Morgan fingerprint density at radius 3 is 2.88 bits per heavy atom. The number of nitrogens with one attached hydrogen (secondary N) is 1. The number of rotatable bonds is 3. The highest BCUT2D eigenvalue weighted by Crippen LogP contribution is 2.19. The molecule has 0 bridgehead atoms. The Labute approximate surface area is 108 Å². The summed E-state index contributed by atoms with van der Waals surface area (Å²) in [5.74, 6) is -0.229. The lowest BCUT2D eigenvalue weighted by Gasteiger charge is -2.08. The highest BCUT2D eigenvalue weighted by atomic mass is 79.9. The third-order valence-electron chi connectivity index (χ3n) is 2.37. The van der Waals surface area contributed by atoms with Gasteiger partial charge in [-0.25, -0.2) is 4.39 Å². The standard InChI is InChI=1S/C13H12BrFN2/c1-9-4-12(8-16-6-9)17-7-10-5-11(15)2-3-13(10)14/h2-6,8,17H,7H2,1H3. The van der Waals surface area contributed by atoms with E-state index in [4.69, 9.17) is 0 Å². The van der Waals surface area contributed by atoms with Crippen LogP contribution in [0, 0.1) is 12.7 Å². The molecule has 2 aromatic rings. The summed E-state index contributed by atoms with van der Waals surface area (Å²) in [5.41, 5.74) is 2.90. The second-order valence-corrected chi connectivity index (χ2v) is 4.69. The maximum Gasteiger partial charge on any atom is 0.123 e. The molecule has 1 aromatic heterocycles. The van der Waals surface area contributed by atoms with E-state index in [-0.39, 0.29) is 5.82 Å². The summed E-state index contributed by atoms with van der Waals surface area (Å²) in [5, 5.41) is 3.21. The molecule has 17 heavy (non-hydrogen) atoms. The number of pyridine rings is 1. The molecule has 0 unspecified atom stereocenters. The monoisotopic (exact) mass is 294 g/mol. The first-order chi connectivity index (χ1) is 8.15.